The quantitative estimate of drug-likeness (QED) is 0.190. The summed E-state index contributed by atoms with van der Waals surface area (Å²) in [5, 5.41) is 0. The molecular formula is C40H53B3BrFN2O6. The zero-order valence-corrected chi connectivity index (χ0v) is 34.7. The van der Waals surface area contributed by atoms with Crippen molar-refractivity contribution in [2.24, 2.45) is 0 Å². The molecular weight excluding hydrogens is 736 g/mol. The number of hydrogen-bond acceptors (Lipinski definition) is 8. The van der Waals surface area contributed by atoms with E-state index in [0.29, 0.717) is 0 Å². The number of rotatable bonds is 4. The molecule has 0 saturated carbocycles. The molecule has 0 atom stereocenters. The van der Waals surface area contributed by atoms with Crippen LogP contribution in [0.3, 0.4) is 0 Å². The molecule has 3 fully saturated rings. The van der Waals surface area contributed by atoms with Crippen molar-refractivity contribution in [3.05, 3.63) is 102 Å². The third-order valence-corrected chi connectivity index (χ3v) is 11.5. The number of benzene rings is 2. The topological polar surface area (TPSA) is 81.2 Å². The predicted molar refractivity (Wildman–Crippen MR) is 217 cm³/mol. The Labute approximate surface area is 325 Å². The molecule has 0 N–H and O–H groups in total. The fraction of sp³-hybridized carbons (Fsp3) is 0.450. The third kappa shape index (κ3) is 9.68. The number of hydrogen-bond donors (Lipinski definition) is 0. The monoisotopic (exact) mass is 788 g/mol. The number of pyridine rings is 2. The minimum Gasteiger partial charge on any atom is -0.405 e. The normalized spacial score (nSPS) is 21.1. The first-order valence-electron chi connectivity index (χ1n) is 17.9. The Bertz CT molecular complexity index is 1730. The molecule has 2 aromatic heterocycles. The van der Waals surface area contributed by atoms with E-state index in [2.05, 4.69) is 90.0 Å². The Balaban J connectivity index is 0.000000180. The Morgan fingerprint density at radius 2 is 0.811 bits per heavy atom. The summed E-state index contributed by atoms with van der Waals surface area (Å²) in [4.78, 5) is 8.25. The van der Waals surface area contributed by atoms with Crippen LogP contribution < -0.4 is 5.46 Å². The van der Waals surface area contributed by atoms with Crippen molar-refractivity contribution in [1.82, 2.24) is 9.97 Å². The molecule has 0 radical (unpaired) electrons. The van der Waals surface area contributed by atoms with Crippen LogP contribution in [0.15, 0.2) is 102 Å². The van der Waals surface area contributed by atoms with E-state index in [4.69, 9.17) is 27.9 Å². The largest absolute Gasteiger partial charge is 0.494 e. The maximum atomic E-state index is 6.10. The first-order chi connectivity index (χ1) is 24.1. The maximum absolute atomic E-state index is 6.10. The molecule has 0 spiro atoms. The van der Waals surface area contributed by atoms with Crippen molar-refractivity contribution in [1.29, 1.82) is 0 Å². The summed E-state index contributed by atoms with van der Waals surface area (Å²) in [5.74, 6) is 0. The van der Waals surface area contributed by atoms with Crippen molar-refractivity contribution in [2.45, 2.75) is 117 Å². The average Bonchev–Trinajstić information content (AvgIpc) is 3.55. The molecule has 0 aliphatic carbocycles. The van der Waals surface area contributed by atoms with Crippen LogP contribution in [0, 0.1) is 0 Å². The van der Waals surface area contributed by atoms with Crippen LogP contribution in [0.1, 0.15) is 83.1 Å². The minimum absolute atomic E-state index is 0. The second-order valence-corrected chi connectivity index (χ2v) is 17.4. The Kier molecular flexibility index (Phi) is 13.0. The summed E-state index contributed by atoms with van der Waals surface area (Å²) in [6, 6.07) is 24.4. The fourth-order valence-electron chi connectivity index (χ4n) is 5.58. The molecule has 8 nitrogen and oxygen atoms in total. The molecule has 0 unspecified atom stereocenters. The van der Waals surface area contributed by atoms with E-state index in [9.17, 15) is 0 Å². The van der Waals surface area contributed by atoms with Gasteiger partial charge in [0, 0.05) is 34.8 Å². The first kappa shape index (κ1) is 42.8. The molecule has 3 saturated heterocycles. The Hall–Kier alpha value is -2.90. The van der Waals surface area contributed by atoms with Gasteiger partial charge in [-0.25, -0.2) is 0 Å². The lowest BCUT2D eigenvalue weighted by Gasteiger charge is -2.32. The summed E-state index contributed by atoms with van der Waals surface area (Å²) in [6.07, 6.45) is 7.29. The molecule has 2 aromatic carbocycles. The molecule has 7 rings (SSSR count). The zero-order valence-electron chi connectivity index (χ0n) is 33.1. The lowest BCUT2D eigenvalue weighted by molar-refractivity contribution is 0.00578. The van der Waals surface area contributed by atoms with Gasteiger partial charge < -0.3 is 27.9 Å². The van der Waals surface area contributed by atoms with Gasteiger partial charge in [-0.1, -0.05) is 64.5 Å². The average molecular weight is 789 g/mol. The van der Waals surface area contributed by atoms with E-state index in [0.717, 1.165) is 26.6 Å². The van der Waals surface area contributed by atoms with E-state index >= 15 is 0 Å². The number of aromatic nitrogens is 2. The highest BCUT2D eigenvalue weighted by atomic mass is 79.9. The van der Waals surface area contributed by atoms with Crippen molar-refractivity contribution in [2.75, 3.05) is 0 Å². The van der Waals surface area contributed by atoms with Crippen molar-refractivity contribution >= 4 is 42.5 Å². The summed E-state index contributed by atoms with van der Waals surface area (Å²) in [7, 11) is -1.28. The van der Waals surface area contributed by atoms with Crippen LogP contribution in [-0.4, -0.2) is 64.7 Å². The molecule has 0 bridgehead atoms. The third-order valence-electron chi connectivity index (χ3n) is 11.0. The van der Waals surface area contributed by atoms with E-state index in [1.807, 2.05) is 104 Å². The lowest BCUT2D eigenvalue weighted by Crippen LogP contribution is -2.41. The van der Waals surface area contributed by atoms with Gasteiger partial charge in [0.2, 0.25) is 0 Å². The van der Waals surface area contributed by atoms with Crippen molar-refractivity contribution in [3.8, 4) is 22.3 Å². The highest BCUT2D eigenvalue weighted by molar-refractivity contribution is 9.10. The van der Waals surface area contributed by atoms with Crippen LogP contribution >= 0.6 is 15.9 Å². The molecule has 3 aliphatic heterocycles. The van der Waals surface area contributed by atoms with Crippen LogP contribution in [-0.2, 0) is 27.9 Å². The first-order valence-corrected chi connectivity index (χ1v) is 18.7. The maximum Gasteiger partial charge on any atom is 0.494 e. The van der Waals surface area contributed by atoms with Crippen LogP contribution in [0.25, 0.3) is 22.3 Å². The molecule has 13 heteroatoms. The SMILES string of the molecule is Brc1cccc(-c2cccnc2)c1.CC1(C)OB(B2OC(C)(C)C(C)(C)O2)OC1(C)C.CC1(C)OB(c2cccc(-c3cccnc3)c2)OC1(C)C.F. The van der Waals surface area contributed by atoms with Crippen LogP contribution in [0.4, 0.5) is 4.70 Å². The van der Waals surface area contributed by atoms with E-state index in [1.54, 1.807) is 12.4 Å². The summed E-state index contributed by atoms with van der Waals surface area (Å²) in [5.41, 5.74) is 3.50. The number of halogens is 2. The highest BCUT2D eigenvalue weighted by Gasteiger charge is 2.63. The van der Waals surface area contributed by atoms with Gasteiger partial charge in [0.25, 0.3) is 0 Å². The van der Waals surface area contributed by atoms with Crippen molar-refractivity contribution < 1.29 is 32.6 Å². The van der Waals surface area contributed by atoms with Gasteiger partial charge in [0.15, 0.2) is 0 Å². The van der Waals surface area contributed by atoms with Gasteiger partial charge in [-0.15, -0.1) is 0 Å². The molecule has 53 heavy (non-hydrogen) atoms. The molecule has 4 aromatic rings. The van der Waals surface area contributed by atoms with Gasteiger partial charge in [-0.3, -0.25) is 14.7 Å². The predicted octanol–water partition coefficient (Wildman–Crippen LogP) is 8.96. The smallest absolute Gasteiger partial charge is 0.405 e. The summed E-state index contributed by atoms with van der Waals surface area (Å²) >= 11 is 3.44. The molecule has 282 valence electrons. The molecule has 3 aliphatic rings. The Morgan fingerprint density at radius 1 is 0.453 bits per heavy atom. The minimum atomic E-state index is -0.476. The summed E-state index contributed by atoms with van der Waals surface area (Å²) < 4.78 is 37.1. The van der Waals surface area contributed by atoms with Gasteiger partial charge in [0.1, 0.15) is 0 Å². The van der Waals surface area contributed by atoms with Crippen LogP contribution in [0.5, 0.6) is 0 Å². The summed E-state index contributed by atoms with van der Waals surface area (Å²) in [6.45, 7) is 24.5. The molecule has 0 amide bonds. The Morgan fingerprint density at radius 3 is 1.19 bits per heavy atom. The standard InChI is InChI=1S/C17H20BNO2.C12H24B2O4.C11H8BrN.FH/c1-16(2)17(3,4)21-18(20-16)15-9-5-7-13(11-15)14-8-6-10-19-12-14;1-9(2)10(3,4)16-13(15-9)14-17-11(5,6)12(7,8)18-14;12-11-5-1-3-9(7-11)10-4-2-6-13-8-10;/h5-12H,1-4H3;1-8H3;1-8H;1H. The fourth-order valence-corrected chi connectivity index (χ4v) is 5.98. The van der Waals surface area contributed by atoms with Gasteiger partial charge in [0.05, 0.1) is 33.6 Å². The van der Waals surface area contributed by atoms with Crippen molar-refractivity contribution in [3.63, 3.8) is 0 Å². The number of nitrogens with zero attached hydrogens (tertiary/aromatic N) is 2. The zero-order chi connectivity index (χ0) is 38.2. The van der Waals surface area contributed by atoms with E-state index < -0.39 is 14.0 Å². The lowest BCUT2D eigenvalue weighted by atomic mass is 9.49. The van der Waals surface area contributed by atoms with E-state index in [1.165, 1.54) is 5.56 Å². The molecule has 5 heterocycles. The highest BCUT2D eigenvalue weighted by Crippen LogP contribution is 2.43. The van der Waals surface area contributed by atoms with Gasteiger partial charge in [-0.2, -0.15) is 0 Å². The van der Waals surface area contributed by atoms with Crippen LogP contribution in [0.2, 0.25) is 0 Å². The second-order valence-electron chi connectivity index (χ2n) is 16.5. The van der Waals surface area contributed by atoms with Gasteiger partial charge in [-0.05, 0) is 130 Å². The van der Waals surface area contributed by atoms with E-state index in [-0.39, 0.29) is 45.4 Å². The van der Waals surface area contributed by atoms with Gasteiger partial charge >= 0.3 is 21.1 Å². The second kappa shape index (κ2) is 16.1.